The van der Waals surface area contributed by atoms with Crippen molar-refractivity contribution < 1.29 is 0 Å². The summed E-state index contributed by atoms with van der Waals surface area (Å²) in [6, 6.07) is 33.8. The van der Waals surface area contributed by atoms with E-state index in [-0.39, 0.29) is 0 Å². The largest absolute Gasteiger partial charge is 0.256 e. The molecule has 0 spiro atoms. The van der Waals surface area contributed by atoms with E-state index in [0.717, 1.165) is 66.6 Å². The molecule has 0 N–H and O–H groups in total. The van der Waals surface area contributed by atoms with Crippen molar-refractivity contribution in [3.05, 3.63) is 133 Å². The van der Waals surface area contributed by atoms with E-state index in [2.05, 4.69) is 79.5 Å². The lowest BCUT2D eigenvalue weighted by atomic mass is 9.90. The molecule has 40 heavy (non-hydrogen) atoms. The number of pyridine rings is 4. The monoisotopic (exact) mass is 514 g/mol. The van der Waals surface area contributed by atoms with Gasteiger partial charge in [0.15, 0.2) is 0 Å². The lowest BCUT2D eigenvalue weighted by molar-refractivity contribution is 1.29. The molecule has 0 aliphatic carbocycles. The van der Waals surface area contributed by atoms with Crippen LogP contribution < -0.4 is 0 Å². The van der Waals surface area contributed by atoms with Gasteiger partial charge in [0.1, 0.15) is 0 Å². The Kier molecular flexibility index (Phi) is 5.86. The molecular weight excluding hydrogens is 488 g/mol. The quantitative estimate of drug-likeness (QED) is 0.220. The van der Waals surface area contributed by atoms with Gasteiger partial charge in [-0.2, -0.15) is 0 Å². The second kappa shape index (κ2) is 9.83. The van der Waals surface area contributed by atoms with E-state index in [1.165, 1.54) is 11.1 Å². The first-order valence-corrected chi connectivity index (χ1v) is 13.4. The molecule has 0 fully saturated rings. The second-order valence-electron chi connectivity index (χ2n) is 10.2. The fourth-order valence-corrected chi connectivity index (χ4v) is 5.43. The highest BCUT2D eigenvalue weighted by atomic mass is 14.7. The Labute approximate surface area is 233 Å². The van der Waals surface area contributed by atoms with E-state index in [9.17, 15) is 0 Å². The van der Waals surface area contributed by atoms with E-state index in [0.29, 0.717) is 0 Å². The Morgan fingerprint density at radius 3 is 2.02 bits per heavy atom. The minimum atomic E-state index is 0.942. The highest BCUT2D eigenvalue weighted by Crippen LogP contribution is 2.39. The summed E-state index contributed by atoms with van der Waals surface area (Å²) in [6.45, 7) is 4.26. The van der Waals surface area contributed by atoms with E-state index in [4.69, 9.17) is 15.0 Å². The molecule has 4 heteroatoms. The molecule has 0 saturated carbocycles. The summed E-state index contributed by atoms with van der Waals surface area (Å²) in [4.78, 5) is 18.9. The predicted octanol–water partition coefficient (Wildman–Crippen LogP) is 8.86. The zero-order valence-electron chi connectivity index (χ0n) is 22.3. The number of rotatable bonds is 4. The van der Waals surface area contributed by atoms with Crippen molar-refractivity contribution in [3.8, 4) is 44.8 Å². The predicted molar refractivity (Wildman–Crippen MR) is 164 cm³/mol. The summed E-state index contributed by atoms with van der Waals surface area (Å²) in [6.07, 6.45) is 7.42. The van der Waals surface area contributed by atoms with Gasteiger partial charge >= 0.3 is 0 Å². The van der Waals surface area contributed by atoms with Gasteiger partial charge in [0.05, 0.1) is 22.4 Å². The Morgan fingerprint density at radius 1 is 0.450 bits per heavy atom. The maximum atomic E-state index is 4.85. The standard InChI is InChI=1S/C36H26N4/c1-23-12-16-39-34(17-23)28-19-26(31-21-25(11-10-24(31)2)33-9-3-4-13-37-33)18-27(20-28)32-22-35-29(7-5-14-38-35)30-8-6-15-40-36(30)32/h3-22H,1-2H3. The maximum Gasteiger partial charge on any atom is 0.0787 e. The molecule has 0 saturated heterocycles. The minimum absolute atomic E-state index is 0.942. The van der Waals surface area contributed by atoms with Gasteiger partial charge < -0.3 is 0 Å². The van der Waals surface area contributed by atoms with Crippen LogP contribution in [0.3, 0.4) is 0 Å². The average Bonchev–Trinajstić information content (AvgIpc) is 3.01. The van der Waals surface area contributed by atoms with Gasteiger partial charge in [-0.15, -0.1) is 0 Å². The van der Waals surface area contributed by atoms with Gasteiger partial charge in [-0.05, 0) is 108 Å². The van der Waals surface area contributed by atoms with E-state index >= 15 is 0 Å². The molecule has 0 aliphatic rings. The van der Waals surface area contributed by atoms with Crippen LogP contribution in [0, 0.1) is 13.8 Å². The van der Waals surface area contributed by atoms with Crippen LogP contribution in [0.1, 0.15) is 11.1 Å². The lowest BCUT2D eigenvalue weighted by Crippen LogP contribution is -1.93. The van der Waals surface area contributed by atoms with Gasteiger partial charge in [-0.1, -0.05) is 30.3 Å². The molecule has 3 aromatic carbocycles. The third-order valence-electron chi connectivity index (χ3n) is 7.44. The number of aromatic nitrogens is 4. The Hall–Kier alpha value is -5.22. The number of hydrogen-bond donors (Lipinski definition) is 0. The van der Waals surface area contributed by atoms with E-state index in [1.807, 2.05) is 61.2 Å². The first kappa shape index (κ1) is 23.9. The van der Waals surface area contributed by atoms with Crippen molar-refractivity contribution in [2.45, 2.75) is 13.8 Å². The van der Waals surface area contributed by atoms with Crippen LogP contribution in [0.5, 0.6) is 0 Å². The van der Waals surface area contributed by atoms with Crippen LogP contribution in [0.2, 0.25) is 0 Å². The Bertz CT molecular complexity index is 2030. The molecular formula is C36H26N4. The first-order valence-electron chi connectivity index (χ1n) is 13.4. The van der Waals surface area contributed by atoms with Crippen molar-refractivity contribution in [3.63, 3.8) is 0 Å². The van der Waals surface area contributed by atoms with Crippen molar-refractivity contribution in [2.75, 3.05) is 0 Å². The van der Waals surface area contributed by atoms with Crippen LogP contribution in [-0.2, 0) is 0 Å². The normalized spacial score (nSPS) is 11.2. The highest BCUT2D eigenvalue weighted by molar-refractivity contribution is 6.11. The molecule has 0 aliphatic heterocycles. The van der Waals surface area contributed by atoms with Crippen molar-refractivity contribution in [1.82, 2.24) is 19.9 Å². The summed E-state index contributed by atoms with van der Waals surface area (Å²) in [5, 5.41) is 2.20. The van der Waals surface area contributed by atoms with Crippen LogP contribution >= 0.6 is 0 Å². The number of nitrogens with zero attached hydrogens (tertiary/aromatic N) is 4. The van der Waals surface area contributed by atoms with Crippen molar-refractivity contribution in [1.29, 1.82) is 0 Å². The highest BCUT2D eigenvalue weighted by Gasteiger charge is 2.15. The zero-order chi connectivity index (χ0) is 27.1. The van der Waals surface area contributed by atoms with Gasteiger partial charge in [-0.25, -0.2) is 0 Å². The number of benzene rings is 3. The number of fused-ring (bicyclic) bond motifs is 3. The van der Waals surface area contributed by atoms with Crippen molar-refractivity contribution >= 4 is 21.8 Å². The van der Waals surface area contributed by atoms with Crippen LogP contribution in [0.4, 0.5) is 0 Å². The third-order valence-corrected chi connectivity index (χ3v) is 7.44. The van der Waals surface area contributed by atoms with E-state index in [1.54, 1.807) is 0 Å². The van der Waals surface area contributed by atoms with Gasteiger partial charge in [0.2, 0.25) is 0 Å². The van der Waals surface area contributed by atoms with Gasteiger partial charge in [-0.3, -0.25) is 19.9 Å². The van der Waals surface area contributed by atoms with Gasteiger partial charge in [0, 0.05) is 52.3 Å². The molecule has 4 nitrogen and oxygen atoms in total. The Morgan fingerprint density at radius 2 is 1.20 bits per heavy atom. The minimum Gasteiger partial charge on any atom is -0.256 e. The molecule has 7 rings (SSSR count). The molecule has 4 heterocycles. The summed E-state index contributed by atoms with van der Waals surface area (Å²) in [5.41, 5.74) is 12.7. The van der Waals surface area contributed by atoms with Crippen LogP contribution in [-0.4, -0.2) is 19.9 Å². The van der Waals surface area contributed by atoms with E-state index < -0.39 is 0 Å². The maximum absolute atomic E-state index is 4.85. The SMILES string of the molecule is Cc1ccnc(-c2cc(-c3cc(-c4ccccn4)ccc3C)cc(-c3cc4ncccc4c4cccnc34)c2)c1. The molecule has 0 bridgehead atoms. The average molecular weight is 515 g/mol. The van der Waals surface area contributed by atoms with Crippen LogP contribution in [0.25, 0.3) is 66.6 Å². The van der Waals surface area contributed by atoms with Crippen molar-refractivity contribution in [2.24, 2.45) is 0 Å². The molecule has 0 amide bonds. The lowest BCUT2D eigenvalue weighted by Gasteiger charge is -2.15. The summed E-state index contributed by atoms with van der Waals surface area (Å²) in [7, 11) is 0. The third kappa shape index (κ3) is 4.30. The molecule has 0 radical (unpaired) electrons. The molecule has 0 atom stereocenters. The molecule has 4 aromatic heterocycles. The molecule has 0 unspecified atom stereocenters. The number of aryl methyl sites for hydroxylation is 2. The van der Waals surface area contributed by atoms with Crippen LogP contribution in [0.15, 0.2) is 122 Å². The van der Waals surface area contributed by atoms with Gasteiger partial charge in [0.25, 0.3) is 0 Å². The zero-order valence-corrected chi connectivity index (χ0v) is 22.3. The fraction of sp³-hybridized carbons (Fsp3) is 0.0556. The summed E-state index contributed by atoms with van der Waals surface area (Å²) < 4.78 is 0. The smallest absolute Gasteiger partial charge is 0.0787 e. The fourth-order valence-electron chi connectivity index (χ4n) is 5.43. The molecule has 7 aromatic rings. The second-order valence-corrected chi connectivity index (χ2v) is 10.2. The Balaban J connectivity index is 1.51. The number of hydrogen-bond acceptors (Lipinski definition) is 4. The topological polar surface area (TPSA) is 51.6 Å². The summed E-state index contributed by atoms with van der Waals surface area (Å²) in [5.74, 6) is 0. The first-order chi connectivity index (χ1) is 19.6. The molecule has 190 valence electrons. The summed E-state index contributed by atoms with van der Waals surface area (Å²) >= 11 is 0.